The van der Waals surface area contributed by atoms with Crippen LogP contribution in [0.4, 0.5) is 0 Å². The molecule has 2 atom stereocenters. The van der Waals surface area contributed by atoms with Crippen molar-refractivity contribution in [3.63, 3.8) is 0 Å². The third-order valence-corrected chi connectivity index (χ3v) is 3.92. The Labute approximate surface area is 147 Å². The lowest BCUT2D eigenvalue weighted by Gasteiger charge is -1.95. The summed E-state index contributed by atoms with van der Waals surface area (Å²) in [7, 11) is 1.43. The molecule has 2 unspecified atom stereocenters. The summed E-state index contributed by atoms with van der Waals surface area (Å²) in [6.07, 6.45) is 25.9. The van der Waals surface area contributed by atoms with E-state index in [1.165, 1.54) is 7.11 Å². The fourth-order valence-corrected chi connectivity index (χ4v) is 2.37. The van der Waals surface area contributed by atoms with E-state index in [4.69, 9.17) is 4.74 Å². The minimum absolute atomic E-state index is 0.129. The van der Waals surface area contributed by atoms with Gasteiger partial charge in [0, 0.05) is 6.42 Å². The van der Waals surface area contributed by atoms with Crippen molar-refractivity contribution in [2.45, 2.75) is 70.5 Å². The van der Waals surface area contributed by atoms with Crippen molar-refractivity contribution < 1.29 is 14.3 Å². The molecule has 3 heteroatoms. The maximum Gasteiger partial charge on any atom is 0.305 e. The van der Waals surface area contributed by atoms with Crippen molar-refractivity contribution in [2.24, 2.45) is 0 Å². The monoisotopic (exact) mass is 332 g/mol. The maximum atomic E-state index is 10.9. The summed E-state index contributed by atoms with van der Waals surface area (Å²) >= 11 is 0. The second kappa shape index (κ2) is 13.8. The highest BCUT2D eigenvalue weighted by Gasteiger charge is 2.35. The first-order chi connectivity index (χ1) is 11.8. The molecule has 0 aliphatic carbocycles. The van der Waals surface area contributed by atoms with E-state index < -0.39 is 0 Å². The predicted octanol–water partition coefficient (Wildman–Crippen LogP) is 5.29. The molecule has 0 amide bonds. The first-order valence-corrected chi connectivity index (χ1v) is 9.10. The Hall–Kier alpha value is -1.61. The van der Waals surface area contributed by atoms with Gasteiger partial charge < -0.3 is 9.47 Å². The number of epoxide rings is 1. The molecule has 0 N–H and O–H groups in total. The van der Waals surface area contributed by atoms with Crippen molar-refractivity contribution >= 4 is 5.97 Å². The highest BCUT2D eigenvalue weighted by atomic mass is 16.6. The Bertz CT molecular complexity index is 446. The van der Waals surface area contributed by atoms with Crippen LogP contribution in [0, 0.1) is 0 Å². The van der Waals surface area contributed by atoms with Crippen LogP contribution >= 0.6 is 0 Å². The minimum atomic E-state index is -0.129. The van der Waals surface area contributed by atoms with Crippen LogP contribution in [0.25, 0.3) is 0 Å². The van der Waals surface area contributed by atoms with Crippen LogP contribution in [0.1, 0.15) is 58.3 Å². The number of carbonyl (C=O) groups is 1. The van der Waals surface area contributed by atoms with Crippen LogP contribution < -0.4 is 0 Å². The molecule has 0 spiro atoms. The number of allylic oxidation sites excluding steroid dienone is 7. The predicted molar refractivity (Wildman–Crippen MR) is 99.8 cm³/mol. The maximum absolute atomic E-state index is 10.9. The van der Waals surface area contributed by atoms with Gasteiger partial charge in [0.2, 0.25) is 0 Å². The summed E-state index contributed by atoms with van der Waals surface area (Å²) in [5, 5.41) is 0. The van der Waals surface area contributed by atoms with Gasteiger partial charge in [-0.25, -0.2) is 0 Å². The molecule has 0 aromatic heterocycles. The quantitative estimate of drug-likeness (QED) is 0.199. The Kier molecular flexibility index (Phi) is 11.7. The third-order valence-electron chi connectivity index (χ3n) is 3.92. The second-order valence-corrected chi connectivity index (χ2v) is 5.92. The lowest BCUT2D eigenvalue weighted by Crippen LogP contribution is -1.98. The molecule has 0 aromatic carbocycles. The Morgan fingerprint density at radius 2 is 1.50 bits per heavy atom. The number of ether oxygens (including phenoxy) is 2. The first kappa shape index (κ1) is 20.4. The molecule has 3 nitrogen and oxygen atoms in total. The molecule has 0 aromatic rings. The number of esters is 1. The van der Waals surface area contributed by atoms with Gasteiger partial charge in [0.15, 0.2) is 0 Å². The van der Waals surface area contributed by atoms with Crippen LogP contribution in [0.2, 0.25) is 0 Å². The number of hydrogen-bond donors (Lipinski definition) is 0. The van der Waals surface area contributed by atoms with Gasteiger partial charge in [0.25, 0.3) is 0 Å². The summed E-state index contributed by atoms with van der Waals surface area (Å²) in [6, 6.07) is 0. The molecule has 1 heterocycles. The molecule has 134 valence electrons. The van der Waals surface area contributed by atoms with Crippen LogP contribution in [0.3, 0.4) is 0 Å². The van der Waals surface area contributed by atoms with Gasteiger partial charge >= 0.3 is 5.97 Å². The van der Waals surface area contributed by atoms with Gasteiger partial charge in [-0.1, -0.05) is 55.5 Å². The van der Waals surface area contributed by atoms with Gasteiger partial charge in [-0.15, -0.1) is 0 Å². The molecule has 24 heavy (non-hydrogen) atoms. The van der Waals surface area contributed by atoms with Gasteiger partial charge in [-0.05, 0) is 44.9 Å². The molecule has 0 saturated carbocycles. The van der Waals surface area contributed by atoms with Crippen LogP contribution in [0.15, 0.2) is 48.6 Å². The zero-order valence-corrected chi connectivity index (χ0v) is 15.2. The SMILES string of the molecule is CCC1OC1CC=CCC=CCC=CCC=CCCCC(=O)OC. The van der Waals surface area contributed by atoms with Crippen molar-refractivity contribution in [1.29, 1.82) is 0 Å². The van der Waals surface area contributed by atoms with E-state index >= 15 is 0 Å². The van der Waals surface area contributed by atoms with E-state index in [1.807, 2.05) is 0 Å². The van der Waals surface area contributed by atoms with Crippen molar-refractivity contribution in [2.75, 3.05) is 7.11 Å². The Morgan fingerprint density at radius 3 is 2.04 bits per heavy atom. The normalized spacial score (nSPS) is 20.8. The highest BCUT2D eigenvalue weighted by molar-refractivity contribution is 5.69. The van der Waals surface area contributed by atoms with E-state index in [9.17, 15) is 4.79 Å². The van der Waals surface area contributed by atoms with E-state index in [2.05, 4.69) is 60.3 Å². The lowest BCUT2D eigenvalue weighted by molar-refractivity contribution is -0.140. The molecular formula is C21H32O3. The largest absolute Gasteiger partial charge is 0.469 e. The molecular weight excluding hydrogens is 300 g/mol. The van der Waals surface area contributed by atoms with E-state index in [0.717, 1.165) is 44.9 Å². The zero-order chi connectivity index (χ0) is 17.5. The van der Waals surface area contributed by atoms with Crippen molar-refractivity contribution in [1.82, 2.24) is 0 Å². The summed E-state index contributed by atoms with van der Waals surface area (Å²) in [4.78, 5) is 10.9. The standard InChI is InChI=1S/C21H32O3/c1-3-19-20(24-19)17-15-13-11-9-7-5-4-6-8-10-12-14-16-18-21(22)23-2/h4,6-7,9-10,12-13,15,19-20H,3,5,8,11,14,16-18H2,1-2H3. The smallest absolute Gasteiger partial charge is 0.305 e. The number of rotatable bonds is 13. The minimum Gasteiger partial charge on any atom is -0.469 e. The fraction of sp³-hybridized carbons (Fsp3) is 0.571. The average Bonchev–Trinajstić information content (AvgIpc) is 3.36. The third kappa shape index (κ3) is 11.0. The lowest BCUT2D eigenvalue weighted by atomic mass is 10.2. The topological polar surface area (TPSA) is 38.8 Å². The zero-order valence-electron chi connectivity index (χ0n) is 15.2. The average molecular weight is 332 g/mol. The number of methoxy groups -OCH3 is 1. The molecule has 1 fully saturated rings. The van der Waals surface area contributed by atoms with Gasteiger partial charge in [-0.2, -0.15) is 0 Å². The van der Waals surface area contributed by atoms with E-state index in [-0.39, 0.29) is 5.97 Å². The fourth-order valence-electron chi connectivity index (χ4n) is 2.37. The molecule has 1 aliphatic rings. The first-order valence-electron chi connectivity index (χ1n) is 9.10. The van der Waals surface area contributed by atoms with Crippen LogP contribution in [-0.2, 0) is 14.3 Å². The molecule has 1 rings (SSSR count). The van der Waals surface area contributed by atoms with Gasteiger partial charge in [0.1, 0.15) is 0 Å². The Morgan fingerprint density at radius 1 is 0.917 bits per heavy atom. The summed E-state index contributed by atoms with van der Waals surface area (Å²) in [5.74, 6) is -0.129. The van der Waals surface area contributed by atoms with E-state index in [1.54, 1.807) is 0 Å². The van der Waals surface area contributed by atoms with E-state index in [0.29, 0.717) is 18.6 Å². The van der Waals surface area contributed by atoms with Crippen LogP contribution in [-0.4, -0.2) is 25.3 Å². The van der Waals surface area contributed by atoms with Crippen molar-refractivity contribution in [3.05, 3.63) is 48.6 Å². The number of hydrogen-bond acceptors (Lipinski definition) is 3. The molecule has 1 aliphatic heterocycles. The Balaban J connectivity index is 1.90. The molecule has 0 bridgehead atoms. The molecule has 1 saturated heterocycles. The molecule has 0 radical (unpaired) electrons. The second-order valence-electron chi connectivity index (χ2n) is 5.92. The van der Waals surface area contributed by atoms with Gasteiger partial charge in [-0.3, -0.25) is 4.79 Å². The van der Waals surface area contributed by atoms with Crippen LogP contribution in [0.5, 0.6) is 0 Å². The summed E-state index contributed by atoms with van der Waals surface area (Å²) < 4.78 is 10.1. The summed E-state index contributed by atoms with van der Waals surface area (Å²) in [6.45, 7) is 2.17. The summed E-state index contributed by atoms with van der Waals surface area (Å²) in [5.41, 5.74) is 0. The van der Waals surface area contributed by atoms with Gasteiger partial charge in [0.05, 0.1) is 19.3 Å². The van der Waals surface area contributed by atoms with Crippen molar-refractivity contribution in [3.8, 4) is 0 Å². The highest BCUT2D eigenvalue weighted by Crippen LogP contribution is 2.28. The number of carbonyl (C=O) groups excluding carboxylic acids is 1. The number of unbranched alkanes of at least 4 members (excludes halogenated alkanes) is 1.